The zero-order valence-electron chi connectivity index (χ0n) is 15.8. The molecule has 2 aliphatic heterocycles. The van der Waals surface area contributed by atoms with Gasteiger partial charge in [0.1, 0.15) is 6.10 Å². The topological polar surface area (TPSA) is 67.3 Å². The summed E-state index contributed by atoms with van der Waals surface area (Å²) < 4.78 is 43.5. The number of piperidine rings is 1. The van der Waals surface area contributed by atoms with Gasteiger partial charge in [0, 0.05) is 18.6 Å². The first kappa shape index (κ1) is 19.4. The fourth-order valence-corrected chi connectivity index (χ4v) is 4.37. The average molecular weight is 398 g/mol. The Morgan fingerprint density at radius 3 is 2.46 bits per heavy atom. The van der Waals surface area contributed by atoms with Crippen molar-refractivity contribution in [2.24, 2.45) is 11.8 Å². The van der Waals surface area contributed by atoms with E-state index in [9.17, 15) is 18.0 Å². The van der Waals surface area contributed by atoms with Gasteiger partial charge in [-0.05, 0) is 56.1 Å². The van der Waals surface area contributed by atoms with Gasteiger partial charge in [-0.1, -0.05) is 6.92 Å². The van der Waals surface area contributed by atoms with Crippen molar-refractivity contribution in [2.75, 3.05) is 24.6 Å². The fourth-order valence-electron chi connectivity index (χ4n) is 4.37. The van der Waals surface area contributed by atoms with Gasteiger partial charge in [-0.25, -0.2) is 0 Å². The molecular formula is C19H25F3N4O2. The van der Waals surface area contributed by atoms with Crippen molar-refractivity contribution in [3.05, 3.63) is 17.8 Å². The van der Waals surface area contributed by atoms with Crippen molar-refractivity contribution in [1.82, 2.24) is 15.5 Å². The van der Waals surface area contributed by atoms with Crippen molar-refractivity contribution in [3.8, 4) is 0 Å². The van der Waals surface area contributed by atoms with Gasteiger partial charge in [0.05, 0.1) is 6.61 Å². The summed E-state index contributed by atoms with van der Waals surface area (Å²) in [4.78, 5) is 14.5. The Labute approximate surface area is 161 Å². The predicted octanol–water partition coefficient (Wildman–Crippen LogP) is 2.79. The number of rotatable bonds is 4. The molecule has 2 unspecified atom stereocenters. The molecular weight excluding hydrogens is 373 g/mol. The van der Waals surface area contributed by atoms with Crippen LogP contribution in [0.5, 0.6) is 0 Å². The maximum absolute atomic E-state index is 12.6. The van der Waals surface area contributed by atoms with Gasteiger partial charge in [-0.2, -0.15) is 13.2 Å². The van der Waals surface area contributed by atoms with E-state index in [1.54, 1.807) is 0 Å². The van der Waals surface area contributed by atoms with E-state index in [-0.39, 0.29) is 17.6 Å². The zero-order chi connectivity index (χ0) is 19.9. The van der Waals surface area contributed by atoms with Gasteiger partial charge in [0.15, 0.2) is 11.5 Å². The first-order valence-electron chi connectivity index (χ1n) is 9.86. The van der Waals surface area contributed by atoms with Crippen LogP contribution in [-0.4, -0.2) is 47.4 Å². The smallest absolute Gasteiger partial charge is 0.368 e. The number of nitrogens with zero attached hydrogens (tertiary/aromatic N) is 3. The summed E-state index contributed by atoms with van der Waals surface area (Å²) in [7, 11) is 0. The fraction of sp³-hybridized carbons (Fsp3) is 0.737. The molecule has 154 valence electrons. The number of hydrogen-bond donors (Lipinski definition) is 1. The Bertz CT molecular complexity index is 713. The van der Waals surface area contributed by atoms with Crippen LogP contribution in [0.1, 0.15) is 44.7 Å². The van der Waals surface area contributed by atoms with Gasteiger partial charge in [-0.15, -0.1) is 10.2 Å². The highest BCUT2D eigenvalue weighted by Gasteiger charge is 2.51. The average Bonchev–Trinajstić information content (AvgIpc) is 3.32. The molecule has 1 aliphatic carbocycles. The van der Waals surface area contributed by atoms with Crippen molar-refractivity contribution >= 4 is 11.7 Å². The second-order valence-corrected chi connectivity index (χ2v) is 8.34. The number of hydrogen-bond acceptors (Lipinski definition) is 5. The monoisotopic (exact) mass is 398 g/mol. The van der Waals surface area contributed by atoms with Gasteiger partial charge in [0.2, 0.25) is 5.91 Å². The standard InChI is InChI=1S/C19H25F3N4O2/c1-12-10-14(28-11-12)17(27)23-18(6-7-18)13-4-8-26(9-5-13)16-3-2-15(24-25-16)19(20,21)22/h2-3,12-14H,4-11H2,1H3,(H,23,27). The SMILES string of the molecule is CC1COC(C(=O)NC2(C3CCN(c4ccc(C(F)(F)F)nn4)CC3)CC2)C1. The second-order valence-electron chi connectivity index (χ2n) is 8.34. The number of carbonyl (C=O) groups excluding carboxylic acids is 1. The molecule has 0 radical (unpaired) electrons. The van der Waals surface area contributed by atoms with Crippen LogP contribution in [0.4, 0.5) is 19.0 Å². The molecule has 0 spiro atoms. The van der Waals surface area contributed by atoms with Crippen LogP contribution in [0.2, 0.25) is 0 Å². The molecule has 3 fully saturated rings. The molecule has 2 atom stereocenters. The third-order valence-electron chi connectivity index (χ3n) is 6.19. The van der Waals surface area contributed by atoms with Crippen LogP contribution in [0, 0.1) is 11.8 Å². The molecule has 1 aromatic rings. The second kappa shape index (κ2) is 7.17. The molecule has 1 N–H and O–H groups in total. The Kier molecular flexibility index (Phi) is 4.97. The molecule has 1 saturated carbocycles. The maximum Gasteiger partial charge on any atom is 0.435 e. The molecule has 1 amide bonds. The highest BCUT2D eigenvalue weighted by atomic mass is 19.4. The summed E-state index contributed by atoms with van der Waals surface area (Å²) in [5, 5.41) is 10.3. The normalized spacial score (nSPS) is 27.6. The van der Waals surface area contributed by atoms with E-state index in [2.05, 4.69) is 22.4 Å². The van der Waals surface area contributed by atoms with Gasteiger partial charge >= 0.3 is 6.18 Å². The number of nitrogens with one attached hydrogen (secondary N) is 1. The minimum atomic E-state index is -4.48. The lowest BCUT2D eigenvalue weighted by molar-refractivity contribution is -0.141. The van der Waals surface area contributed by atoms with Crippen LogP contribution in [0.15, 0.2) is 12.1 Å². The summed E-state index contributed by atoms with van der Waals surface area (Å²) in [5.74, 6) is 1.25. The van der Waals surface area contributed by atoms with Crippen LogP contribution in [0.25, 0.3) is 0 Å². The number of alkyl halides is 3. The summed E-state index contributed by atoms with van der Waals surface area (Å²) in [6.45, 7) is 4.11. The number of anilines is 1. The van der Waals surface area contributed by atoms with Gasteiger partial charge in [0.25, 0.3) is 0 Å². The van der Waals surface area contributed by atoms with Crippen molar-refractivity contribution in [3.63, 3.8) is 0 Å². The highest BCUT2D eigenvalue weighted by Crippen LogP contribution is 2.47. The maximum atomic E-state index is 12.6. The molecule has 3 heterocycles. The Morgan fingerprint density at radius 2 is 1.96 bits per heavy atom. The molecule has 0 bridgehead atoms. The molecule has 4 rings (SSSR count). The lowest BCUT2D eigenvalue weighted by Gasteiger charge is -2.37. The first-order chi connectivity index (χ1) is 13.3. The third kappa shape index (κ3) is 3.94. The van der Waals surface area contributed by atoms with Crippen LogP contribution < -0.4 is 10.2 Å². The first-order valence-corrected chi connectivity index (χ1v) is 9.86. The van der Waals surface area contributed by atoms with Gasteiger partial charge in [-0.3, -0.25) is 4.79 Å². The Hall–Kier alpha value is -1.90. The summed E-state index contributed by atoms with van der Waals surface area (Å²) >= 11 is 0. The Morgan fingerprint density at radius 1 is 1.25 bits per heavy atom. The van der Waals surface area contributed by atoms with E-state index in [1.807, 2.05) is 4.90 Å². The van der Waals surface area contributed by atoms with Crippen molar-refractivity contribution in [2.45, 2.75) is 56.8 Å². The minimum absolute atomic E-state index is 0.00196. The van der Waals surface area contributed by atoms with Crippen molar-refractivity contribution < 1.29 is 22.7 Å². The van der Waals surface area contributed by atoms with E-state index in [1.165, 1.54) is 6.07 Å². The third-order valence-corrected chi connectivity index (χ3v) is 6.19. The van der Waals surface area contributed by atoms with Crippen molar-refractivity contribution in [1.29, 1.82) is 0 Å². The molecule has 1 aromatic heterocycles. The number of aromatic nitrogens is 2. The van der Waals surface area contributed by atoms with Crippen LogP contribution >= 0.6 is 0 Å². The molecule has 0 aromatic carbocycles. The van der Waals surface area contributed by atoms with Gasteiger partial charge < -0.3 is 15.0 Å². The molecule has 28 heavy (non-hydrogen) atoms. The van der Waals surface area contributed by atoms with Crippen LogP contribution in [0.3, 0.4) is 0 Å². The number of amides is 1. The lowest BCUT2D eigenvalue weighted by atomic mass is 9.87. The quantitative estimate of drug-likeness (QED) is 0.845. The molecule has 6 nitrogen and oxygen atoms in total. The summed E-state index contributed by atoms with van der Waals surface area (Å²) in [6, 6.07) is 2.35. The van der Waals surface area contributed by atoms with E-state index in [0.717, 1.165) is 38.2 Å². The molecule has 2 saturated heterocycles. The number of ether oxygens (including phenoxy) is 1. The van der Waals surface area contributed by atoms with E-state index in [0.29, 0.717) is 37.4 Å². The Balaban J connectivity index is 1.32. The van der Waals surface area contributed by atoms with Crippen LogP contribution in [-0.2, 0) is 15.7 Å². The number of halogens is 3. The highest BCUT2D eigenvalue weighted by molar-refractivity contribution is 5.82. The zero-order valence-corrected chi connectivity index (χ0v) is 15.8. The molecule has 9 heteroatoms. The summed E-state index contributed by atoms with van der Waals surface area (Å²) in [6.07, 6.45) is -0.356. The largest absolute Gasteiger partial charge is 0.435 e. The summed E-state index contributed by atoms with van der Waals surface area (Å²) in [5.41, 5.74) is -1.11. The van der Waals surface area contributed by atoms with E-state index in [4.69, 9.17) is 4.74 Å². The van der Waals surface area contributed by atoms with E-state index < -0.39 is 11.9 Å². The van der Waals surface area contributed by atoms with E-state index >= 15 is 0 Å². The molecule has 3 aliphatic rings. The minimum Gasteiger partial charge on any atom is -0.368 e. The number of carbonyl (C=O) groups is 1. The lowest BCUT2D eigenvalue weighted by Crippen LogP contribution is -2.50. The predicted molar refractivity (Wildman–Crippen MR) is 95.6 cm³/mol.